The molecule has 1 N–H and O–H groups in total. The Hall–Kier alpha value is -2.47. The van der Waals surface area contributed by atoms with Gasteiger partial charge in [0.05, 0.1) is 11.9 Å². The summed E-state index contributed by atoms with van der Waals surface area (Å²) in [6.45, 7) is 6.62. The van der Waals surface area contributed by atoms with Crippen molar-refractivity contribution in [1.29, 1.82) is 0 Å². The maximum atomic E-state index is 4.70. The molecule has 26 heavy (non-hydrogen) atoms. The van der Waals surface area contributed by atoms with Crippen molar-refractivity contribution in [1.82, 2.24) is 15.0 Å². The molecule has 4 heterocycles. The largest absolute Gasteiger partial charge is 0.370 e. The highest BCUT2D eigenvalue weighted by Gasteiger charge is 2.13. The van der Waals surface area contributed by atoms with E-state index in [0.29, 0.717) is 5.92 Å². The number of nitrogens with zero attached hydrogens (tertiary/aromatic N) is 4. The molecule has 134 valence electrons. The smallest absolute Gasteiger partial charge is 0.142 e. The molecule has 0 amide bonds. The molecule has 3 aromatic rings. The molecule has 0 aliphatic carbocycles. The third-order valence-corrected chi connectivity index (χ3v) is 5.86. The first-order chi connectivity index (χ1) is 12.7. The van der Waals surface area contributed by atoms with E-state index in [4.69, 9.17) is 4.98 Å². The highest BCUT2D eigenvalue weighted by Crippen LogP contribution is 2.29. The van der Waals surface area contributed by atoms with Crippen LogP contribution in [0, 0.1) is 0 Å². The topological polar surface area (TPSA) is 53.9 Å². The summed E-state index contributed by atoms with van der Waals surface area (Å²) in [4.78, 5) is 17.4. The number of rotatable bonds is 5. The van der Waals surface area contributed by atoms with E-state index in [0.717, 1.165) is 35.4 Å². The van der Waals surface area contributed by atoms with Crippen LogP contribution in [0.15, 0.2) is 42.7 Å². The van der Waals surface area contributed by atoms with Gasteiger partial charge in [-0.1, -0.05) is 19.9 Å². The van der Waals surface area contributed by atoms with Crippen molar-refractivity contribution in [3.63, 3.8) is 0 Å². The van der Waals surface area contributed by atoms with E-state index >= 15 is 0 Å². The Kier molecular flexibility index (Phi) is 4.84. The summed E-state index contributed by atoms with van der Waals surface area (Å²) in [5.41, 5.74) is 2.08. The zero-order valence-electron chi connectivity index (χ0n) is 15.1. The van der Waals surface area contributed by atoms with Gasteiger partial charge in [-0.3, -0.25) is 0 Å². The predicted octanol–water partition coefficient (Wildman–Crippen LogP) is 5.07. The third kappa shape index (κ3) is 3.70. The monoisotopic (exact) mass is 365 g/mol. The van der Waals surface area contributed by atoms with Gasteiger partial charge in [-0.2, -0.15) is 0 Å². The van der Waals surface area contributed by atoms with Crippen LogP contribution in [0.2, 0.25) is 0 Å². The van der Waals surface area contributed by atoms with Crippen molar-refractivity contribution in [3.05, 3.63) is 47.6 Å². The van der Waals surface area contributed by atoms with Crippen LogP contribution in [0.3, 0.4) is 0 Å². The molecule has 3 aromatic heterocycles. The fraction of sp³-hybridized carbons (Fsp3) is 0.350. The summed E-state index contributed by atoms with van der Waals surface area (Å²) in [5.74, 6) is 2.07. The zero-order valence-corrected chi connectivity index (χ0v) is 16.0. The average Bonchev–Trinajstić information content (AvgIpc) is 3.35. The van der Waals surface area contributed by atoms with Gasteiger partial charge in [0.2, 0.25) is 0 Å². The first-order valence-electron chi connectivity index (χ1n) is 9.10. The van der Waals surface area contributed by atoms with Crippen LogP contribution >= 0.6 is 11.3 Å². The van der Waals surface area contributed by atoms with Crippen LogP contribution in [-0.4, -0.2) is 28.0 Å². The Balaban J connectivity index is 1.49. The Morgan fingerprint density at radius 1 is 1.00 bits per heavy atom. The Labute approximate surface area is 158 Å². The van der Waals surface area contributed by atoms with Gasteiger partial charge < -0.3 is 10.2 Å². The van der Waals surface area contributed by atoms with Gasteiger partial charge in [0, 0.05) is 24.2 Å². The minimum atomic E-state index is 0.487. The van der Waals surface area contributed by atoms with E-state index in [-0.39, 0.29) is 0 Å². The predicted molar refractivity (Wildman–Crippen MR) is 108 cm³/mol. The molecule has 5 nitrogen and oxygen atoms in total. The minimum Gasteiger partial charge on any atom is -0.370 e. The Morgan fingerprint density at radius 2 is 1.85 bits per heavy atom. The molecule has 0 bridgehead atoms. The maximum absolute atomic E-state index is 4.70. The first kappa shape index (κ1) is 17.0. The van der Waals surface area contributed by atoms with Gasteiger partial charge in [0.1, 0.15) is 22.3 Å². The van der Waals surface area contributed by atoms with Gasteiger partial charge >= 0.3 is 0 Å². The van der Waals surface area contributed by atoms with Crippen LogP contribution in [0.25, 0.3) is 10.7 Å². The maximum Gasteiger partial charge on any atom is 0.142 e. The molecular weight excluding hydrogens is 342 g/mol. The van der Waals surface area contributed by atoms with Crippen molar-refractivity contribution in [3.8, 4) is 10.7 Å². The van der Waals surface area contributed by atoms with E-state index in [1.54, 1.807) is 11.3 Å². The second-order valence-electron chi connectivity index (χ2n) is 6.85. The molecule has 1 fully saturated rings. The molecule has 1 saturated heterocycles. The van der Waals surface area contributed by atoms with Crippen molar-refractivity contribution in [2.75, 3.05) is 23.3 Å². The molecule has 1 aliphatic heterocycles. The Morgan fingerprint density at radius 3 is 2.54 bits per heavy atom. The molecule has 0 aromatic carbocycles. The number of nitrogens with one attached hydrogen (secondary N) is 1. The number of aromatic nitrogens is 3. The average molecular weight is 366 g/mol. The van der Waals surface area contributed by atoms with E-state index in [1.807, 2.05) is 36.7 Å². The summed E-state index contributed by atoms with van der Waals surface area (Å²) >= 11 is 1.70. The summed E-state index contributed by atoms with van der Waals surface area (Å²) in [6.07, 6.45) is 6.43. The van der Waals surface area contributed by atoms with Gasteiger partial charge in [-0.05, 0) is 43.0 Å². The van der Waals surface area contributed by atoms with Crippen molar-refractivity contribution >= 4 is 28.7 Å². The summed E-state index contributed by atoms with van der Waals surface area (Å²) in [7, 11) is 0. The van der Waals surface area contributed by atoms with Crippen molar-refractivity contribution in [2.24, 2.45) is 0 Å². The number of pyridine rings is 2. The molecule has 1 aliphatic rings. The normalized spacial score (nSPS) is 14.2. The quantitative estimate of drug-likeness (QED) is 0.684. The molecule has 0 radical (unpaired) electrons. The molecule has 0 unspecified atom stereocenters. The minimum absolute atomic E-state index is 0.487. The van der Waals surface area contributed by atoms with E-state index in [2.05, 4.69) is 40.1 Å². The van der Waals surface area contributed by atoms with Gasteiger partial charge in [-0.25, -0.2) is 15.0 Å². The zero-order chi connectivity index (χ0) is 17.9. The second-order valence-corrected chi connectivity index (χ2v) is 7.91. The fourth-order valence-corrected chi connectivity index (χ4v) is 3.94. The lowest BCUT2D eigenvalue weighted by atomic mass is 10.2. The summed E-state index contributed by atoms with van der Waals surface area (Å²) < 4.78 is 0. The number of thiazole rings is 1. The number of hydrogen-bond acceptors (Lipinski definition) is 6. The number of hydrogen-bond donors (Lipinski definition) is 1. The van der Waals surface area contributed by atoms with Crippen LogP contribution in [0.4, 0.5) is 17.3 Å². The van der Waals surface area contributed by atoms with Gasteiger partial charge in [-0.15, -0.1) is 11.3 Å². The van der Waals surface area contributed by atoms with Crippen LogP contribution in [-0.2, 0) is 0 Å². The van der Waals surface area contributed by atoms with Crippen LogP contribution in [0.1, 0.15) is 37.5 Å². The molecule has 0 saturated carbocycles. The molecule has 0 spiro atoms. The van der Waals surface area contributed by atoms with Gasteiger partial charge in [0.15, 0.2) is 0 Å². The SMILES string of the molecule is CC(C)c1cnc(-c2cccc(Nc3ccc(N4CCCC4)cn3)n2)s1. The summed E-state index contributed by atoms with van der Waals surface area (Å²) in [5, 5.41) is 4.25. The van der Waals surface area contributed by atoms with Crippen molar-refractivity contribution in [2.45, 2.75) is 32.6 Å². The Bertz CT molecular complexity index is 866. The lowest BCUT2D eigenvalue weighted by Gasteiger charge is -2.17. The van der Waals surface area contributed by atoms with Crippen LogP contribution < -0.4 is 10.2 Å². The molecule has 6 heteroatoms. The first-order valence-corrected chi connectivity index (χ1v) is 9.92. The lowest BCUT2D eigenvalue weighted by Crippen LogP contribution is -2.17. The third-order valence-electron chi connectivity index (χ3n) is 4.54. The van der Waals surface area contributed by atoms with Gasteiger partial charge in [0.25, 0.3) is 0 Å². The standard InChI is InChI=1S/C20H23N5S/c1-14(2)17-13-22-20(26-17)16-6-5-7-19(23-16)24-18-9-8-15(12-21-18)25-10-3-4-11-25/h5-9,12-14H,3-4,10-11H2,1-2H3,(H,21,23,24). The highest BCUT2D eigenvalue weighted by atomic mass is 32.1. The van der Waals surface area contributed by atoms with E-state index < -0.39 is 0 Å². The highest BCUT2D eigenvalue weighted by molar-refractivity contribution is 7.15. The molecule has 0 atom stereocenters. The van der Waals surface area contributed by atoms with Crippen molar-refractivity contribution < 1.29 is 0 Å². The molecular formula is C20H23N5S. The fourth-order valence-electron chi connectivity index (χ4n) is 3.05. The summed E-state index contributed by atoms with van der Waals surface area (Å²) in [6, 6.07) is 10.1. The molecule has 4 rings (SSSR count). The lowest BCUT2D eigenvalue weighted by molar-refractivity contribution is 0.885. The second kappa shape index (κ2) is 7.41. The van der Waals surface area contributed by atoms with E-state index in [1.165, 1.54) is 23.4 Å². The van der Waals surface area contributed by atoms with E-state index in [9.17, 15) is 0 Å². The number of anilines is 3. The van der Waals surface area contributed by atoms with Crippen LogP contribution in [0.5, 0.6) is 0 Å².